The van der Waals surface area contributed by atoms with E-state index in [1.165, 1.54) is 25.7 Å². The Labute approximate surface area is 61.7 Å². The van der Waals surface area contributed by atoms with Crippen LogP contribution in [0.1, 0.15) is 25.7 Å². The second-order valence-electron chi connectivity index (χ2n) is 3.65. The van der Waals surface area contributed by atoms with Crippen molar-refractivity contribution in [3.63, 3.8) is 0 Å². The lowest BCUT2D eigenvalue weighted by atomic mass is 9.62. The highest BCUT2D eigenvalue weighted by molar-refractivity contribution is 4.97. The summed E-state index contributed by atoms with van der Waals surface area (Å²) in [5.41, 5.74) is 6.46. The smallest absolute Gasteiger partial charge is 0.0622 e. The van der Waals surface area contributed by atoms with Gasteiger partial charge in [-0.1, -0.05) is 6.42 Å². The van der Waals surface area contributed by atoms with Crippen molar-refractivity contribution < 1.29 is 4.74 Å². The van der Waals surface area contributed by atoms with Gasteiger partial charge in [-0.15, -0.1) is 0 Å². The number of rotatable bonds is 0. The predicted molar refractivity (Wildman–Crippen MR) is 39.7 cm³/mol. The zero-order chi connectivity index (χ0) is 7.03. The third-order valence-corrected chi connectivity index (χ3v) is 3.18. The molecule has 0 aromatic rings. The maximum atomic E-state index is 5.95. The predicted octanol–water partition coefficient (Wildman–Crippen LogP) is 0.904. The summed E-state index contributed by atoms with van der Waals surface area (Å²) >= 11 is 0. The first-order chi connectivity index (χ1) is 4.83. The van der Waals surface area contributed by atoms with Gasteiger partial charge in [0.2, 0.25) is 0 Å². The van der Waals surface area contributed by atoms with Crippen LogP contribution in [0.4, 0.5) is 0 Å². The summed E-state index contributed by atoms with van der Waals surface area (Å²) in [6.07, 6.45) is 5.27. The number of nitrogens with two attached hydrogens (primary N) is 1. The van der Waals surface area contributed by atoms with Gasteiger partial charge in [0.25, 0.3) is 0 Å². The maximum Gasteiger partial charge on any atom is 0.0622 e. The monoisotopic (exact) mass is 141 g/mol. The van der Waals surface area contributed by atoms with Crippen LogP contribution in [0.2, 0.25) is 0 Å². The van der Waals surface area contributed by atoms with Crippen molar-refractivity contribution in [2.75, 3.05) is 13.2 Å². The van der Waals surface area contributed by atoms with E-state index < -0.39 is 0 Å². The van der Waals surface area contributed by atoms with Crippen molar-refractivity contribution in [2.24, 2.45) is 11.1 Å². The van der Waals surface area contributed by atoms with Gasteiger partial charge in [0.1, 0.15) is 0 Å². The minimum atomic E-state index is 0.329. The Morgan fingerprint density at radius 3 is 2.50 bits per heavy atom. The molecule has 2 rings (SSSR count). The summed E-state index contributed by atoms with van der Waals surface area (Å²) in [4.78, 5) is 0. The molecule has 2 aliphatic rings. The summed E-state index contributed by atoms with van der Waals surface area (Å²) in [7, 11) is 0. The van der Waals surface area contributed by atoms with Crippen LogP contribution < -0.4 is 5.73 Å². The van der Waals surface area contributed by atoms with Gasteiger partial charge in [-0.25, -0.2) is 0 Å². The fraction of sp³-hybridized carbons (Fsp3) is 1.00. The Hall–Kier alpha value is -0.0800. The topological polar surface area (TPSA) is 35.2 Å². The first kappa shape index (κ1) is 6.62. The van der Waals surface area contributed by atoms with Crippen molar-refractivity contribution in [2.45, 2.75) is 31.7 Å². The zero-order valence-corrected chi connectivity index (χ0v) is 6.31. The van der Waals surface area contributed by atoms with Gasteiger partial charge >= 0.3 is 0 Å². The summed E-state index contributed by atoms with van der Waals surface area (Å²) in [5.74, 6) is 0. The van der Waals surface area contributed by atoms with Gasteiger partial charge in [0.15, 0.2) is 0 Å². The van der Waals surface area contributed by atoms with Gasteiger partial charge in [-0.3, -0.25) is 0 Å². The summed E-state index contributed by atoms with van der Waals surface area (Å²) in [6.45, 7) is 1.73. The summed E-state index contributed by atoms with van der Waals surface area (Å²) in [6, 6.07) is 0.329. The first-order valence-corrected chi connectivity index (χ1v) is 4.17. The number of ether oxygens (including phenoxy) is 1. The molecule has 2 nitrogen and oxygen atoms in total. The van der Waals surface area contributed by atoms with E-state index in [9.17, 15) is 0 Å². The van der Waals surface area contributed by atoms with Crippen LogP contribution in [0, 0.1) is 5.41 Å². The van der Waals surface area contributed by atoms with E-state index in [-0.39, 0.29) is 0 Å². The van der Waals surface area contributed by atoms with E-state index in [2.05, 4.69) is 0 Å². The van der Waals surface area contributed by atoms with E-state index in [4.69, 9.17) is 10.5 Å². The second-order valence-corrected chi connectivity index (χ2v) is 3.65. The third-order valence-electron chi connectivity index (χ3n) is 3.18. The van der Waals surface area contributed by atoms with Crippen LogP contribution in [0.15, 0.2) is 0 Å². The molecule has 0 bridgehead atoms. The largest absolute Gasteiger partial charge is 0.380 e. The molecular weight excluding hydrogens is 126 g/mol. The molecule has 1 aliphatic heterocycles. The van der Waals surface area contributed by atoms with Gasteiger partial charge in [0, 0.05) is 12.6 Å². The van der Waals surface area contributed by atoms with E-state index in [1.807, 2.05) is 0 Å². The fourth-order valence-electron chi connectivity index (χ4n) is 2.10. The lowest BCUT2D eigenvalue weighted by molar-refractivity contribution is -0.0475. The van der Waals surface area contributed by atoms with Crippen LogP contribution in [0.5, 0.6) is 0 Å². The van der Waals surface area contributed by atoms with E-state index in [0.717, 1.165) is 13.2 Å². The molecule has 2 fully saturated rings. The SMILES string of the molecule is NC1COCCC12CCC2. The molecular formula is C8H15NO. The van der Waals surface area contributed by atoms with Crippen LogP contribution in [-0.2, 0) is 4.74 Å². The van der Waals surface area contributed by atoms with E-state index >= 15 is 0 Å². The van der Waals surface area contributed by atoms with Crippen molar-refractivity contribution in [3.8, 4) is 0 Å². The Balaban J connectivity index is 2.03. The molecule has 0 amide bonds. The van der Waals surface area contributed by atoms with Crippen molar-refractivity contribution in [1.82, 2.24) is 0 Å². The molecule has 10 heavy (non-hydrogen) atoms. The molecule has 58 valence electrons. The normalized spacial score (nSPS) is 37.5. The van der Waals surface area contributed by atoms with Crippen LogP contribution >= 0.6 is 0 Å². The maximum absolute atomic E-state index is 5.95. The Morgan fingerprint density at radius 1 is 1.30 bits per heavy atom. The number of hydrogen-bond acceptors (Lipinski definition) is 2. The van der Waals surface area contributed by atoms with E-state index in [1.54, 1.807) is 0 Å². The first-order valence-electron chi connectivity index (χ1n) is 4.17. The molecule has 1 spiro atoms. The molecule has 2 heteroatoms. The van der Waals surface area contributed by atoms with Crippen molar-refractivity contribution in [1.29, 1.82) is 0 Å². The second kappa shape index (κ2) is 2.21. The quantitative estimate of drug-likeness (QED) is 0.544. The van der Waals surface area contributed by atoms with Crippen LogP contribution in [0.3, 0.4) is 0 Å². The third kappa shape index (κ3) is 0.789. The number of hydrogen-bond donors (Lipinski definition) is 1. The molecule has 2 N–H and O–H groups in total. The Kier molecular flexibility index (Phi) is 1.46. The average molecular weight is 141 g/mol. The molecule has 1 saturated heterocycles. The lowest BCUT2D eigenvalue weighted by Gasteiger charge is -2.49. The Bertz CT molecular complexity index is 131. The zero-order valence-electron chi connectivity index (χ0n) is 6.31. The van der Waals surface area contributed by atoms with Gasteiger partial charge in [-0.2, -0.15) is 0 Å². The summed E-state index contributed by atoms with van der Waals surface area (Å²) in [5, 5.41) is 0. The van der Waals surface area contributed by atoms with Crippen molar-refractivity contribution in [3.05, 3.63) is 0 Å². The average Bonchev–Trinajstić information content (AvgIpc) is 1.85. The highest BCUT2D eigenvalue weighted by Crippen LogP contribution is 2.47. The van der Waals surface area contributed by atoms with Crippen LogP contribution in [-0.4, -0.2) is 19.3 Å². The molecule has 1 aliphatic carbocycles. The molecule has 1 unspecified atom stereocenters. The molecule has 1 atom stereocenters. The summed E-state index contributed by atoms with van der Waals surface area (Å²) < 4.78 is 5.29. The lowest BCUT2D eigenvalue weighted by Crippen LogP contribution is -2.52. The molecule has 0 aromatic heterocycles. The fourth-order valence-corrected chi connectivity index (χ4v) is 2.10. The molecule has 1 heterocycles. The van der Waals surface area contributed by atoms with Gasteiger partial charge in [-0.05, 0) is 24.7 Å². The van der Waals surface area contributed by atoms with Gasteiger partial charge < -0.3 is 10.5 Å². The molecule has 0 aromatic carbocycles. The van der Waals surface area contributed by atoms with Crippen LogP contribution in [0.25, 0.3) is 0 Å². The molecule has 1 saturated carbocycles. The molecule has 0 radical (unpaired) electrons. The minimum Gasteiger partial charge on any atom is -0.380 e. The standard InChI is InChI=1S/C8H15NO/c9-7-6-10-5-4-8(7)2-1-3-8/h7H,1-6,9H2. The van der Waals surface area contributed by atoms with E-state index in [0.29, 0.717) is 11.5 Å². The highest BCUT2D eigenvalue weighted by atomic mass is 16.5. The Morgan fingerprint density at radius 2 is 2.10 bits per heavy atom. The highest BCUT2D eigenvalue weighted by Gasteiger charge is 2.43. The minimum absolute atomic E-state index is 0.329. The van der Waals surface area contributed by atoms with Crippen molar-refractivity contribution >= 4 is 0 Å². The van der Waals surface area contributed by atoms with Gasteiger partial charge in [0.05, 0.1) is 6.61 Å².